The molecule has 0 fully saturated rings. The van der Waals surface area contributed by atoms with Crippen LogP contribution in [0.5, 0.6) is 0 Å². The van der Waals surface area contributed by atoms with Crippen LogP contribution in [0.1, 0.15) is 26.4 Å². The predicted molar refractivity (Wildman–Crippen MR) is 111 cm³/mol. The van der Waals surface area contributed by atoms with Gasteiger partial charge in [-0.05, 0) is 24.3 Å². The van der Waals surface area contributed by atoms with E-state index in [9.17, 15) is 14.9 Å². The van der Waals surface area contributed by atoms with Crippen molar-refractivity contribution < 1.29 is 23.5 Å². The number of methoxy groups -OCH3 is 2. The van der Waals surface area contributed by atoms with Crippen LogP contribution in [0, 0.1) is 17.1 Å². The van der Waals surface area contributed by atoms with Crippen LogP contribution in [-0.2, 0) is 9.47 Å². The summed E-state index contributed by atoms with van der Waals surface area (Å²) in [5.74, 6) is -2.47. The summed E-state index contributed by atoms with van der Waals surface area (Å²) in [6.07, 6.45) is 0. The third-order valence-corrected chi connectivity index (χ3v) is 4.59. The molecule has 0 spiro atoms. The molecule has 3 aromatic rings. The Balaban J connectivity index is 2.51. The summed E-state index contributed by atoms with van der Waals surface area (Å²) in [5.41, 5.74) is 0.0893. The highest BCUT2D eigenvalue weighted by molar-refractivity contribution is 6.08. The molecule has 2 aromatic carbocycles. The van der Waals surface area contributed by atoms with Crippen molar-refractivity contribution in [1.82, 2.24) is 9.78 Å². The molecule has 9 heteroatoms. The van der Waals surface area contributed by atoms with Crippen molar-refractivity contribution >= 4 is 17.6 Å². The monoisotopic (exact) mass is 422 g/mol. The van der Waals surface area contributed by atoms with E-state index in [2.05, 4.69) is 5.10 Å². The molecule has 1 aromatic heterocycles. The van der Waals surface area contributed by atoms with Crippen molar-refractivity contribution in [3.05, 3.63) is 65.1 Å². The first kappa shape index (κ1) is 21.5. The van der Waals surface area contributed by atoms with Crippen molar-refractivity contribution in [1.29, 1.82) is 5.26 Å². The molecule has 0 radical (unpaired) electrons. The summed E-state index contributed by atoms with van der Waals surface area (Å²) >= 11 is 0. The summed E-state index contributed by atoms with van der Waals surface area (Å²) < 4.78 is 26.1. The number of benzene rings is 2. The molecular weight excluding hydrogens is 403 g/mol. The van der Waals surface area contributed by atoms with Crippen LogP contribution in [0.4, 0.5) is 10.1 Å². The van der Waals surface area contributed by atoms with Gasteiger partial charge in [0, 0.05) is 14.1 Å². The van der Waals surface area contributed by atoms with Gasteiger partial charge in [-0.1, -0.05) is 18.2 Å². The molecule has 1 heterocycles. The van der Waals surface area contributed by atoms with E-state index in [-0.39, 0.29) is 33.8 Å². The standard InChI is InChI=1S/C22H19FN4O4/c1-26(2)19-13(12-24)10-11-15(23)16(19)18-17(21(28)30-3)20(22(29)31-4)27(25-18)14-8-6-5-7-9-14/h5-11H,1-4H3. The summed E-state index contributed by atoms with van der Waals surface area (Å²) in [6.45, 7) is 0. The van der Waals surface area contributed by atoms with Gasteiger partial charge in [-0.15, -0.1) is 0 Å². The number of nitrogens with zero attached hydrogens (tertiary/aromatic N) is 4. The van der Waals surface area contributed by atoms with Gasteiger partial charge in [-0.3, -0.25) is 0 Å². The average Bonchev–Trinajstić information content (AvgIpc) is 3.18. The topological polar surface area (TPSA) is 97.5 Å². The molecule has 0 N–H and O–H groups in total. The van der Waals surface area contributed by atoms with E-state index >= 15 is 4.39 Å². The van der Waals surface area contributed by atoms with Gasteiger partial charge in [0.15, 0.2) is 5.69 Å². The van der Waals surface area contributed by atoms with Gasteiger partial charge in [0.25, 0.3) is 0 Å². The number of aromatic nitrogens is 2. The summed E-state index contributed by atoms with van der Waals surface area (Å²) in [7, 11) is 5.56. The van der Waals surface area contributed by atoms with Crippen molar-refractivity contribution in [2.24, 2.45) is 0 Å². The number of carbonyl (C=O) groups excluding carboxylic acids is 2. The van der Waals surface area contributed by atoms with Gasteiger partial charge >= 0.3 is 11.9 Å². The van der Waals surface area contributed by atoms with E-state index in [4.69, 9.17) is 9.47 Å². The van der Waals surface area contributed by atoms with E-state index in [0.29, 0.717) is 5.69 Å². The van der Waals surface area contributed by atoms with E-state index < -0.39 is 17.8 Å². The lowest BCUT2D eigenvalue weighted by molar-refractivity contribution is 0.0549. The number of esters is 2. The zero-order chi connectivity index (χ0) is 22.7. The number of para-hydroxylation sites is 1. The fraction of sp³-hybridized carbons (Fsp3) is 0.182. The fourth-order valence-electron chi connectivity index (χ4n) is 3.28. The number of anilines is 1. The first-order valence-electron chi connectivity index (χ1n) is 9.11. The molecule has 0 saturated heterocycles. The highest BCUT2D eigenvalue weighted by Crippen LogP contribution is 2.38. The Hall–Kier alpha value is -4.19. The van der Waals surface area contributed by atoms with Crippen LogP contribution in [0.25, 0.3) is 16.9 Å². The Labute approximate surface area is 178 Å². The van der Waals surface area contributed by atoms with Crippen LogP contribution >= 0.6 is 0 Å². The van der Waals surface area contributed by atoms with Gasteiger partial charge in [0.05, 0.1) is 36.7 Å². The highest BCUT2D eigenvalue weighted by atomic mass is 19.1. The molecule has 158 valence electrons. The van der Waals surface area contributed by atoms with Crippen LogP contribution in [-0.4, -0.2) is 50.0 Å². The molecule has 0 bridgehead atoms. The largest absolute Gasteiger partial charge is 0.465 e. The quantitative estimate of drug-likeness (QED) is 0.583. The van der Waals surface area contributed by atoms with Crippen LogP contribution < -0.4 is 4.90 Å². The molecule has 0 unspecified atom stereocenters. The summed E-state index contributed by atoms with van der Waals surface area (Å²) in [5, 5.41) is 13.9. The minimum absolute atomic E-state index is 0.107. The van der Waals surface area contributed by atoms with E-state index in [1.165, 1.54) is 15.6 Å². The minimum Gasteiger partial charge on any atom is -0.465 e. The molecular formula is C22H19FN4O4. The molecule has 0 aliphatic rings. The Bertz CT molecular complexity index is 1200. The maximum absolute atomic E-state index is 15.1. The van der Waals surface area contributed by atoms with Gasteiger partial charge in [-0.2, -0.15) is 10.4 Å². The second-order valence-corrected chi connectivity index (χ2v) is 6.63. The van der Waals surface area contributed by atoms with Crippen molar-refractivity contribution in [3.8, 4) is 23.0 Å². The zero-order valence-corrected chi connectivity index (χ0v) is 17.3. The number of rotatable bonds is 5. The number of halogens is 1. The lowest BCUT2D eigenvalue weighted by Gasteiger charge is -2.19. The number of carbonyl (C=O) groups is 2. The number of nitriles is 1. The average molecular weight is 422 g/mol. The first-order valence-corrected chi connectivity index (χ1v) is 9.11. The smallest absolute Gasteiger partial charge is 0.357 e. The van der Waals surface area contributed by atoms with Crippen molar-refractivity contribution in [2.45, 2.75) is 0 Å². The first-order chi connectivity index (χ1) is 14.8. The van der Waals surface area contributed by atoms with Crippen LogP contribution in [0.3, 0.4) is 0 Å². The fourth-order valence-corrected chi connectivity index (χ4v) is 3.28. The second-order valence-electron chi connectivity index (χ2n) is 6.63. The Kier molecular flexibility index (Phi) is 6.02. The molecule has 0 atom stereocenters. The van der Waals surface area contributed by atoms with Gasteiger partial charge in [0.1, 0.15) is 23.1 Å². The van der Waals surface area contributed by atoms with Crippen LogP contribution in [0.2, 0.25) is 0 Å². The molecule has 0 amide bonds. The maximum atomic E-state index is 15.1. The lowest BCUT2D eigenvalue weighted by atomic mass is 9.99. The molecule has 0 saturated carbocycles. The SMILES string of the molecule is COC(=O)c1c(-c2c(F)ccc(C#N)c2N(C)C)nn(-c2ccccc2)c1C(=O)OC. The van der Waals surface area contributed by atoms with Gasteiger partial charge in [-0.25, -0.2) is 18.7 Å². The van der Waals surface area contributed by atoms with Gasteiger partial charge < -0.3 is 14.4 Å². The summed E-state index contributed by atoms with van der Waals surface area (Å²) in [6, 6.07) is 13.0. The Morgan fingerprint density at radius 2 is 1.71 bits per heavy atom. The normalized spacial score (nSPS) is 10.3. The van der Waals surface area contributed by atoms with E-state index in [1.54, 1.807) is 44.4 Å². The second kappa shape index (κ2) is 8.67. The lowest BCUT2D eigenvalue weighted by Crippen LogP contribution is -2.16. The molecule has 0 aliphatic carbocycles. The van der Waals surface area contributed by atoms with E-state index in [0.717, 1.165) is 20.3 Å². The molecule has 8 nitrogen and oxygen atoms in total. The number of hydrogen-bond donors (Lipinski definition) is 0. The van der Waals surface area contributed by atoms with Crippen molar-refractivity contribution in [3.63, 3.8) is 0 Å². The molecule has 31 heavy (non-hydrogen) atoms. The Morgan fingerprint density at radius 3 is 2.26 bits per heavy atom. The number of hydrogen-bond acceptors (Lipinski definition) is 7. The highest BCUT2D eigenvalue weighted by Gasteiger charge is 2.34. The van der Waals surface area contributed by atoms with Crippen LogP contribution in [0.15, 0.2) is 42.5 Å². The van der Waals surface area contributed by atoms with E-state index in [1.807, 2.05) is 6.07 Å². The third kappa shape index (κ3) is 3.71. The maximum Gasteiger partial charge on any atom is 0.357 e. The predicted octanol–water partition coefficient (Wildman–Crippen LogP) is 3.19. The van der Waals surface area contributed by atoms with Crippen molar-refractivity contribution in [2.75, 3.05) is 33.2 Å². The molecule has 0 aliphatic heterocycles. The Morgan fingerprint density at radius 1 is 1.06 bits per heavy atom. The van der Waals surface area contributed by atoms with Gasteiger partial charge in [0.2, 0.25) is 0 Å². The third-order valence-electron chi connectivity index (χ3n) is 4.59. The number of ether oxygens (including phenoxy) is 2. The molecule has 3 rings (SSSR count). The minimum atomic E-state index is -0.899. The summed E-state index contributed by atoms with van der Waals surface area (Å²) in [4.78, 5) is 27.0. The zero-order valence-electron chi connectivity index (χ0n) is 17.3.